The van der Waals surface area contributed by atoms with Crippen molar-refractivity contribution in [1.82, 2.24) is 0 Å². The van der Waals surface area contributed by atoms with Gasteiger partial charge in [-0.1, -0.05) is 43.6 Å². The van der Waals surface area contributed by atoms with Crippen molar-refractivity contribution in [2.45, 2.75) is 20.8 Å². The average molecular weight is 322 g/mol. The van der Waals surface area contributed by atoms with Gasteiger partial charge in [-0.15, -0.1) is 11.3 Å². The monoisotopic (exact) mass is 321 g/mol. The normalized spacial score (nSPS) is 12.3. The van der Waals surface area contributed by atoms with Crippen LogP contribution in [0.3, 0.4) is 0 Å². The Morgan fingerprint density at radius 3 is 2.38 bits per heavy atom. The molecule has 0 aliphatic carbocycles. The highest BCUT2D eigenvalue weighted by Crippen LogP contribution is 2.25. The van der Waals surface area contributed by atoms with Gasteiger partial charge >= 0.3 is 5.97 Å². The third kappa shape index (κ3) is 4.16. The summed E-state index contributed by atoms with van der Waals surface area (Å²) in [5.74, 6) is -0.495. The molecule has 0 spiro atoms. The van der Waals surface area contributed by atoms with Crippen LogP contribution in [0.4, 0.5) is 0 Å². The van der Waals surface area contributed by atoms with Gasteiger partial charge in [0.1, 0.15) is 5.71 Å². The first-order chi connectivity index (χ1) is 9.88. The fraction of sp³-hybridized carbons (Fsp3) is 0.250. The summed E-state index contributed by atoms with van der Waals surface area (Å²) >= 11 is 7.36. The van der Waals surface area contributed by atoms with Crippen LogP contribution in [-0.2, 0) is 4.84 Å². The van der Waals surface area contributed by atoms with E-state index in [9.17, 15) is 4.79 Å². The highest BCUT2D eigenvalue weighted by Gasteiger charge is 2.23. The third-order valence-electron chi connectivity index (χ3n) is 2.76. The number of carbonyl (C=O) groups excluding carboxylic acids is 1. The van der Waals surface area contributed by atoms with Crippen molar-refractivity contribution in [3.63, 3.8) is 0 Å². The van der Waals surface area contributed by atoms with Gasteiger partial charge in [-0.2, -0.15) is 0 Å². The zero-order valence-corrected chi connectivity index (χ0v) is 13.7. The summed E-state index contributed by atoms with van der Waals surface area (Å²) in [4.78, 5) is 18.1. The Morgan fingerprint density at radius 2 is 1.86 bits per heavy atom. The van der Waals surface area contributed by atoms with Crippen molar-refractivity contribution in [1.29, 1.82) is 0 Å². The van der Waals surface area contributed by atoms with Crippen molar-refractivity contribution in [3.8, 4) is 0 Å². The fourth-order valence-electron chi connectivity index (χ4n) is 1.69. The molecule has 0 fully saturated rings. The number of halogens is 1. The lowest BCUT2D eigenvalue weighted by Gasteiger charge is -2.19. The van der Waals surface area contributed by atoms with Crippen LogP contribution in [0, 0.1) is 5.41 Å². The van der Waals surface area contributed by atoms with Crippen LogP contribution in [0.5, 0.6) is 0 Å². The second-order valence-corrected chi connectivity index (χ2v) is 6.94. The molecule has 21 heavy (non-hydrogen) atoms. The molecule has 0 atom stereocenters. The summed E-state index contributed by atoms with van der Waals surface area (Å²) in [6, 6.07) is 10.4. The van der Waals surface area contributed by atoms with Crippen LogP contribution in [0.15, 0.2) is 46.9 Å². The Hall–Kier alpha value is -1.65. The molecule has 0 saturated carbocycles. The van der Waals surface area contributed by atoms with E-state index < -0.39 is 5.97 Å². The Labute approximate surface area is 133 Å². The molecule has 5 heteroatoms. The standard InChI is InChI=1S/C16H16ClNO2S/c1-16(2,3)14(13-5-4-10-21-13)18-20-15(19)11-6-8-12(17)9-7-11/h4-10H,1-3H3. The molecular formula is C16H16ClNO2S. The Morgan fingerprint density at radius 1 is 1.19 bits per heavy atom. The Balaban J connectivity index is 2.20. The van der Waals surface area contributed by atoms with Crippen LogP contribution in [0.1, 0.15) is 36.0 Å². The maximum atomic E-state index is 12.0. The molecule has 0 N–H and O–H groups in total. The first-order valence-corrected chi connectivity index (χ1v) is 7.73. The minimum atomic E-state index is -0.495. The molecule has 1 aromatic carbocycles. The lowest BCUT2D eigenvalue weighted by molar-refractivity contribution is 0.0513. The number of rotatable bonds is 3. The van der Waals surface area contributed by atoms with E-state index in [1.807, 2.05) is 38.3 Å². The minimum Gasteiger partial charge on any atom is -0.312 e. The van der Waals surface area contributed by atoms with E-state index in [1.165, 1.54) is 0 Å². The molecule has 2 aromatic rings. The van der Waals surface area contributed by atoms with Gasteiger partial charge in [-0.05, 0) is 35.7 Å². The quantitative estimate of drug-likeness (QED) is 0.453. The summed E-state index contributed by atoms with van der Waals surface area (Å²) in [6.45, 7) is 6.09. The molecule has 1 aromatic heterocycles. The van der Waals surface area contributed by atoms with E-state index in [2.05, 4.69) is 5.16 Å². The fourth-order valence-corrected chi connectivity index (χ4v) is 2.73. The minimum absolute atomic E-state index is 0.217. The number of carbonyl (C=O) groups is 1. The van der Waals surface area contributed by atoms with Crippen molar-refractivity contribution >= 4 is 34.6 Å². The van der Waals surface area contributed by atoms with Crippen molar-refractivity contribution in [2.75, 3.05) is 0 Å². The number of nitrogens with zero attached hydrogens (tertiary/aromatic N) is 1. The molecule has 0 bridgehead atoms. The zero-order valence-electron chi connectivity index (χ0n) is 12.1. The van der Waals surface area contributed by atoms with Gasteiger partial charge in [0.25, 0.3) is 0 Å². The molecule has 110 valence electrons. The van der Waals surface area contributed by atoms with E-state index in [0.29, 0.717) is 10.6 Å². The molecule has 0 saturated heterocycles. The molecule has 0 amide bonds. The largest absolute Gasteiger partial charge is 0.365 e. The molecule has 0 aliphatic heterocycles. The lowest BCUT2D eigenvalue weighted by Crippen LogP contribution is -2.21. The maximum Gasteiger partial charge on any atom is 0.365 e. The second kappa shape index (κ2) is 6.41. The maximum absolute atomic E-state index is 12.0. The van der Waals surface area contributed by atoms with Crippen LogP contribution in [0.25, 0.3) is 0 Å². The van der Waals surface area contributed by atoms with Gasteiger partial charge in [0.05, 0.1) is 10.4 Å². The van der Waals surface area contributed by atoms with Crippen LogP contribution < -0.4 is 0 Å². The summed E-state index contributed by atoms with van der Waals surface area (Å²) in [6.07, 6.45) is 0. The molecular weight excluding hydrogens is 306 g/mol. The molecule has 0 radical (unpaired) electrons. The highest BCUT2D eigenvalue weighted by molar-refractivity contribution is 7.12. The van der Waals surface area contributed by atoms with Gasteiger partial charge in [0, 0.05) is 10.4 Å². The SMILES string of the molecule is CC(C)(C)C(=NOC(=O)c1ccc(Cl)cc1)c1cccs1. The molecule has 2 rings (SSSR count). The van der Waals surface area contributed by atoms with Crippen molar-refractivity contribution < 1.29 is 9.63 Å². The van der Waals surface area contributed by atoms with E-state index in [1.54, 1.807) is 35.6 Å². The third-order valence-corrected chi connectivity index (χ3v) is 3.89. The first kappa shape index (κ1) is 15.7. The number of benzene rings is 1. The molecule has 3 nitrogen and oxygen atoms in total. The van der Waals surface area contributed by atoms with Crippen molar-refractivity contribution in [3.05, 3.63) is 57.2 Å². The van der Waals surface area contributed by atoms with Gasteiger partial charge in [0.15, 0.2) is 0 Å². The van der Waals surface area contributed by atoms with E-state index in [0.717, 1.165) is 10.6 Å². The number of thiophene rings is 1. The average Bonchev–Trinajstić information content (AvgIpc) is 2.91. The Bertz CT molecular complexity index is 640. The van der Waals surface area contributed by atoms with Gasteiger partial charge in [0.2, 0.25) is 0 Å². The predicted molar refractivity (Wildman–Crippen MR) is 87.2 cm³/mol. The Kier molecular flexibility index (Phi) is 4.80. The van der Waals surface area contributed by atoms with Gasteiger partial charge in [-0.3, -0.25) is 0 Å². The topological polar surface area (TPSA) is 38.7 Å². The molecule has 0 aliphatic rings. The molecule has 0 unspecified atom stereocenters. The molecule has 1 heterocycles. The summed E-state index contributed by atoms with van der Waals surface area (Å²) in [5, 5.41) is 6.62. The summed E-state index contributed by atoms with van der Waals surface area (Å²) in [7, 11) is 0. The highest BCUT2D eigenvalue weighted by atomic mass is 35.5. The summed E-state index contributed by atoms with van der Waals surface area (Å²) < 4.78 is 0. The number of hydrogen-bond donors (Lipinski definition) is 0. The van der Waals surface area contributed by atoms with Crippen LogP contribution in [-0.4, -0.2) is 11.7 Å². The van der Waals surface area contributed by atoms with Crippen molar-refractivity contribution in [2.24, 2.45) is 10.6 Å². The first-order valence-electron chi connectivity index (χ1n) is 6.47. The number of hydrogen-bond acceptors (Lipinski definition) is 4. The van der Waals surface area contributed by atoms with Gasteiger partial charge in [-0.25, -0.2) is 4.79 Å². The van der Waals surface area contributed by atoms with Crippen LogP contribution in [0.2, 0.25) is 5.02 Å². The lowest BCUT2D eigenvalue weighted by atomic mass is 9.89. The van der Waals surface area contributed by atoms with E-state index in [4.69, 9.17) is 16.4 Å². The predicted octanol–water partition coefficient (Wildman–Crippen LogP) is 5.01. The second-order valence-electron chi connectivity index (χ2n) is 5.55. The summed E-state index contributed by atoms with van der Waals surface area (Å²) in [5.41, 5.74) is 0.952. The van der Waals surface area contributed by atoms with Gasteiger partial charge < -0.3 is 4.84 Å². The van der Waals surface area contributed by atoms with E-state index >= 15 is 0 Å². The van der Waals surface area contributed by atoms with Crippen LogP contribution >= 0.6 is 22.9 Å². The smallest absolute Gasteiger partial charge is 0.312 e. The number of oxime groups is 1. The van der Waals surface area contributed by atoms with E-state index in [-0.39, 0.29) is 5.41 Å². The zero-order chi connectivity index (χ0) is 15.5.